The molecule has 0 bridgehead atoms. The van der Waals surface area contributed by atoms with Gasteiger partial charge in [-0.15, -0.1) is 19.0 Å². The highest BCUT2D eigenvalue weighted by Gasteiger charge is 2.82. The number of likely N-dealkylation sites (tertiary alicyclic amines) is 1. The average molecular weight is 558 g/mol. The van der Waals surface area contributed by atoms with Gasteiger partial charge in [-0.25, -0.2) is 0 Å². The smallest absolute Gasteiger partial charge is 0.320 e. The van der Waals surface area contributed by atoms with E-state index < -0.39 is 69.6 Å². The zero-order valence-electron chi connectivity index (χ0n) is 23.5. The number of ether oxygens (including phenoxy) is 3. The summed E-state index contributed by atoms with van der Waals surface area (Å²) in [6, 6.07) is 0. The maximum absolute atomic E-state index is 14.0. The lowest BCUT2D eigenvalue weighted by Crippen LogP contribution is -2.87. The first-order valence-corrected chi connectivity index (χ1v) is 13.4. The normalized spacial score (nSPS) is 44.3. The number of nitrogens with zero attached hydrogens (tertiary/aromatic N) is 1. The van der Waals surface area contributed by atoms with E-state index in [9.17, 15) is 24.6 Å². The molecule has 2 aliphatic carbocycles. The molecule has 0 unspecified atom stereocenters. The Morgan fingerprint density at radius 1 is 1.16 bits per heavy atom. The first-order chi connectivity index (χ1) is 17.1. The van der Waals surface area contributed by atoms with Gasteiger partial charge in [0, 0.05) is 24.7 Å². The number of hydrogen-bond donors (Lipinski definition) is 2. The number of aliphatic hydroxyl groups is 2. The van der Waals surface area contributed by atoms with E-state index in [1.54, 1.807) is 13.8 Å². The molecule has 0 spiro atoms. The third kappa shape index (κ3) is 4.42. The van der Waals surface area contributed by atoms with E-state index in [-0.39, 0.29) is 25.4 Å². The van der Waals surface area contributed by atoms with E-state index in [0.717, 1.165) is 25.9 Å². The molecule has 38 heavy (non-hydrogen) atoms. The van der Waals surface area contributed by atoms with Crippen LogP contribution in [0.4, 0.5) is 0 Å². The fourth-order valence-corrected chi connectivity index (χ4v) is 8.05. The lowest BCUT2D eigenvalue weighted by Gasteiger charge is -2.71. The van der Waals surface area contributed by atoms with E-state index in [2.05, 4.69) is 6.58 Å². The van der Waals surface area contributed by atoms with Crippen LogP contribution < -0.4 is 0 Å². The van der Waals surface area contributed by atoms with Crippen LogP contribution >= 0.6 is 12.4 Å². The van der Waals surface area contributed by atoms with Gasteiger partial charge in [0.25, 0.3) is 0 Å². The first-order valence-electron chi connectivity index (χ1n) is 13.4. The van der Waals surface area contributed by atoms with E-state index in [0.29, 0.717) is 12.8 Å². The number of fused-ring (bicyclic) bond motifs is 3. The molecule has 0 amide bonds. The number of halogens is 1. The molecule has 0 aromatic rings. The quantitative estimate of drug-likeness (QED) is 0.388. The Kier molecular flexibility index (Phi) is 8.28. The van der Waals surface area contributed by atoms with E-state index in [1.807, 2.05) is 18.7 Å². The molecular weight excluding hydrogens is 514 g/mol. The van der Waals surface area contributed by atoms with Gasteiger partial charge >= 0.3 is 11.9 Å². The maximum atomic E-state index is 14.0. The van der Waals surface area contributed by atoms with Gasteiger partial charge in [-0.1, -0.05) is 26.8 Å². The van der Waals surface area contributed by atoms with Crippen molar-refractivity contribution in [2.24, 2.45) is 16.7 Å². The fourth-order valence-electron chi connectivity index (χ4n) is 8.05. The van der Waals surface area contributed by atoms with Gasteiger partial charge in [-0.2, -0.15) is 0 Å². The van der Waals surface area contributed by atoms with Crippen molar-refractivity contribution < 1.29 is 38.8 Å². The Balaban J connectivity index is 0.00000400. The number of aliphatic hydroxyl groups excluding tert-OH is 1. The highest BCUT2D eigenvalue weighted by Crippen LogP contribution is 2.67. The van der Waals surface area contributed by atoms with Crippen LogP contribution in [0.25, 0.3) is 0 Å². The molecule has 8 atom stereocenters. The highest BCUT2D eigenvalue weighted by molar-refractivity contribution is 5.92. The van der Waals surface area contributed by atoms with E-state index in [1.165, 1.54) is 19.9 Å². The second-order valence-corrected chi connectivity index (χ2v) is 12.8. The SMILES string of the molecule is C=C[C@@]1(C)CC(=O)[C@]2(O)[C@@]3(C)[C@@H](O)CCC(C)(C)[C@@H]3[C@H](OC(=O)CN3CCCC3)[C@H](OC(C)=O)[C@@]2(C)O1.Cl. The molecule has 9 nitrogen and oxygen atoms in total. The molecule has 216 valence electrons. The minimum absolute atomic E-state index is 0. The zero-order chi connectivity index (χ0) is 27.6. The Morgan fingerprint density at radius 2 is 1.76 bits per heavy atom. The Bertz CT molecular complexity index is 982. The fraction of sp³-hybridized carbons (Fsp3) is 0.821. The third-order valence-corrected chi connectivity index (χ3v) is 9.81. The largest absolute Gasteiger partial charge is 0.457 e. The third-order valence-electron chi connectivity index (χ3n) is 9.81. The van der Waals surface area contributed by atoms with Crippen molar-refractivity contribution in [1.29, 1.82) is 0 Å². The summed E-state index contributed by atoms with van der Waals surface area (Å²) in [4.78, 5) is 41.8. The number of ketones is 1. The second-order valence-electron chi connectivity index (χ2n) is 12.8. The molecule has 0 aromatic carbocycles. The predicted molar refractivity (Wildman–Crippen MR) is 142 cm³/mol. The molecule has 10 heteroatoms. The number of Topliss-reactive ketones (excluding diaryl/α,β-unsaturated/α-hetero) is 1. The summed E-state index contributed by atoms with van der Waals surface area (Å²) < 4.78 is 18.5. The van der Waals surface area contributed by atoms with Gasteiger partial charge < -0.3 is 24.4 Å². The number of carbonyl (C=O) groups is 3. The van der Waals surface area contributed by atoms with Gasteiger partial charge in [0.2, 0.25) is 0 Å². The molecule has 4 aliphatic rings. The molecule has 2 saturated carbocycles. The highest BCUT2D eigenvalue weighted by atomic mass is 35.5. The van der Waals surface area contributed by atoms with Crippen LogP contribution in [0.1, 0.15) is 73.6 Å². The standard InChI is InChI=1S/C28H43NO8.ClH/c1-8-25(5)15-19(32)28(34)26(6)18(31)11-12-24(3,4)22(26)21(23(35-17(2)30)27(28,7)37-25)36-20(33)16-29-13-9-10-14-29;/h8,18,21-23,31,34H,1,9-16H2,2-7H3;1H/t18-,21-,22-,23-,25-,26-,27+,28-;/m0./s1. The van der Waals surface area contributed by atoms with Crippen molar-refractivity contribution in [3.63, 3.8) is 0 Å². The van der Waals surface area contributed by atoms with Crippen molar-refractivity contribution in [2.75, 3.05) is 19.6 Å². The monoisotopic (exact) mass is 557 g/mol. The van der Waals surface area contributed by atoms with Gasteiger partial charge in [0.1, 0.15) is 11.7 Å². The van der Waals surface area contributed by atoms with Gasteiger partial charge in [0.05, 0.1) is 18.2 Å². The summed E-state index contributed by atoms with van der Waals surface area (Å²) in [6.45, 7) is 15.6. The van der Waals surface area contributed by atoms with Crippen molar-refractivity contribution in [1.82, 2.24) is 4.90 Å². The minimum atomic E-state index is -2.23. The molecule has 4 fully saturated rings. The van der Waals surface area contributed by atoms with Gasteiger partial charge in [-0.05, 0) is 58.0 Å². The summed E-state index contributed by atoms with van der Waals surface area (Å²) >= 11 is 0. The summed E-state index contributed by atoms with van der Waals surface area (Å²) in [5.41, 5.74) is -7.28. The molecule has 0 aromatic heterocycles. The molecule has 2 aliphatic heterocycles. The minimum Gasteiger partial charge on any atom is -0.457 e. The van der Waals surface area contributed by atoms with Crippen molar-refractivity contribution in [3.05, 3.63) is 12.7 Å². The van der Waals surface area contributed by atoms with E-state index in [4.69, 9.17) is 14.2 Å². The Morgan fingerprint density at radius 3 is 2.32 bits per heavy atom. The lowest BCUT2D eigenvalue weighted by atomic mass is 9.39. The van der Waals surface area contributed by atoms with Crippen molar-refractivity contribution in [2.45, 2.75) is 109 Å². The molecule has 2 heterocycles. The summed E-state index contributed by atoms with van der Waals surface area (Å²) in [7, 11) is 0. The second kappa shape index (κ2) is 10.1. The van der Waals surface area contributed by atoms with Crippen LogP contribution in [0, 0.1) is 16.7 Å². The zero-order valence-corrected chi connectivity index (χ0v) is 24.3. The van der Waals surface area contributed by atoms with Crippen LogP contribution in [0.3, 0.4) is 0 Å². The van der Waals surface area contributed by atoms with Crippen molar-refractivity contribution in [3.8, 4) is 0 Å². The summed E-state index contributed by atoms with van der Waals surface area (Å²) in [6.07, 6.45) is 0.790. The maximum Gasteiger partial charge on any atom is 0.320 e. The molecule has 0 radical (unpaired) electrons. The van der Waals surface area contributed by atoms with Gasteiger partial charge in [0.15, 0.2) is 17.5 Å². The summed E-state index contributed by atoms with van der Waals surface area (Å²) in [5.74, 6) is -2.37. The topological polar surface area (TPSA) is 123 Å². The van der Waals surface area contributed by atoms with Crippen LogP contribution in [0.15, 0.2) is 12.7 Å². The predicted octanol–water partition coefficient (Wildman–Crippen LogP) is 2.59. The number of carbonyl (C=O) groups excluding carboxylic acids is 3. The first kappa shape index (κ1) is 31.0. The van der Waals surface area contributed by atoms with Crippen LogP contribution in [0.5, 0.6) is 0 Å². The summed E-state index contributed by atoms with van der Waals surface area (Å²) in [5, 5.41) is 24.1. The molecule has 2 N–H and O–H groups in total. The van der Waals surface area contributed by atoms with Crippen LogP contribution in [-0.4, -0.2) is 87.6 Å². The molecule has 4 rings (SSSR count). The Hall–Kier alpha value is -1.52. The number of rotatable bonds is 5. The van der Waals surface area contributed by atoms with Crippen molar-refractivity contribution >= 4 is 30.1 Å². The number of hydrogen-bond acceptors (Lipinski definition) is 9. The molecular formula is C28H44ClNO8. The Labute approximate surface area is 231 Å². The van der Waals surface area contributed by atoms with Gasteiger partial charge in [-0.3, -0.25) is 19.3 Å². The lowest BCUT2D eigenvalue weighted by molar-refractivity contribution is -0.371. The van der Waals surface area contributed by atoms with Crippen LogP contribution in [0.2, 0.25) is 0 Å². The number of esters is 2. The van der Waals surface area contributed by atoms with Crippen LogP contribution in [-0.2, 0) is 28.6 Å². The average Bonchev–Trinajstić information content (AvgIpc) is 3.29. The van der Waals surface area contributed by atoms with E-state index >= 15 is 0 Å². The molecule has 2 saturated heterocycles.